The predicted octanol–water partition coefficient (Wildman–Crippen LogP) is 3.81. The van der Waals surface area contributed by atoms with Gasteiger partial charge in [0.15, 0.2) is 6.23 Å². The van der Waals surface area contributed by atoms with E-state index in [2.05, 4.69) is 35.1 Å². The Morgan fingerprint density at radius 1 is 1.17 bits per heavy atom. The molecule has 23 heavy (non-hydrogen) atoms. The zero-order valence-corrected chi connectivity index (χ0v) is 13.5. The highest BCUT2D eigenvalue weighted by atomic mass is 16.5. The van der Waals surface area contributed by atoms with Gasteiger partial charge in [-0.3, -0.25) is 0 Å². The fraction of sp³-hybridized carbons (Fsp3) is 0.389. The molecule has 0 radical (unpaired) electrons. The van der Waals surface area contributed by atoms with Gasteiger partial charge in [-0.05, 0) is 51.3 Å². The summed E-state index contributed by atoms with van der Waals surface area (Å²) in [6.45, 7) is 4.81. The first kappa shape index (κ1) is 14.3. The van der Waals surface area contributed by atoms with E-state index in [0.29, 0.717) is 0 Å². The summed E-state index contributed by atoms with van der Waals surface area (Å²) in [5.74, 6) is 0.756. The largest absolute Gasteiger partial charge is 0.356 e. The van der Waals surface area contributed by atoms with Gasteiger partial charge in [-0.2, -0.15) is 5.10 Å². The SMILES string of the molecule is Cc1ccc2c(c1)c(-c1ccnc(C)n1)nn2C1CCCCO1. The summed E-state index contributed by atoms with van der Waals surface area (Å²) in [6.07, 6.45) is 5.13. The Morgan fingerprint density at radius 3 is 2.87 bits per heavy atom. The van der Waals surface area contributed by atoms with E-state index >= 15 is 0 Å². The van der Waals surface area contributed by atoms with E-state index in [1.165, 1.54) is 12.0 Å². The topological polar surface area (TPSA) is 52.8 Å². The van der Waals surface area contributed by atoms with Crippen LogP contribution in [0.2, 0.25) is 0 Å². The molecule has 0 spiro atoms. The fourth-order valence-corrected chi connectivity index (χ4v) is 3.17. The van der Waals surface area contributed by atoms with Crippen LogP contribution in [-0.2, 0) is 4.74 Å². The molecule has 1 aliphatic rings. The summed E-state index contributed by atoms with van der Waals surface area (Å²) in [4.78, 5) is 8.74. The van der Waals surface area contributed by atoms with Crippen molar-refractivity contribution in [1.29, 1.82) is 0 Å². The second-order valence-corrected chi connectivity index (χ2v) is 6.12. The lowest BCUT2D eigenvalue weighted by Gasteiger charge is -2.23. The standard InChI is InChI=1S/C18H20N4O/c1-12-6-7-16-14(11-12)18(15-8-9-19-13(2)20-15)21-22(16)17-5-3-4-10-23-17/h6-9,11,17H,3-5,10H2,1-2H3. The Hall–Kier alpha value is -2.27. The number of benzene rings is 1. The summed E-state index contributed by atoms with van der Waals surface area (Å²) < 4.78 is 7.97. The molecule has 1 fully saturated rings. The number of hydrogen-bond acceptors (Lipinski definition) is 4. The third kappa shape index (κ3) is 2.61. The zero-order chi connectivity index (χ0) is 15.8. The van der Waals surface area contributed by atoms with Gasteiger partial charge in [-0.25, -0.2) is 14.6 Å². The highest BCUT2D eigenvalue weighted by molar-refractivity contribution is 5.92. The molecule has 1 saturated heterocycles. The molecule has 1 atom stereocenters. The summed E-state index contributed by atoms with van der Waals surface area (Å²) in [6, 6.07) is 8.35. The van der Waals surface area contributed by atoms with E-state index in [9.17, 15) is 0 Å². The van der Waals surface area contributed by atoms with Gasteiger partial charge in [-0.15, -0.1) is 0 Å². The summed E-state index contributed by atoms with van der Waals surface area (Å²) >= 11 is 0. The molecule has 0 saturated carbocycles. The molecule has 5 heteroatoms. The van der Waals surface area contributed by atoms with Gasteiger partial charge in [0.2, 0.25) is 0 Å². The molecule has 1 aromatic carbocycles. The second kappa shape index (κ2) is 5.74. The van der Waals surface area contributed by atoms with E-state index in [1.54, 1.807) is 6.20 Å². The number of aromatic nitrogens is 4. The molecule has 0 amide bonds. The Morgan fingerprint density at radius 2 is 2.09 bits per heavy atom. The van der Waals surface area contributed by atoms with Crippen molar-refractivity contribution in [3.63, 3.8) is 0 Å². The third-order valence-electron chi connectivity index (χ3n) is 4.31. The van der Waals surface area contributed by atoms with Gasteiger partial charge in [0.05, 0.1) is 11.2 Å². The van der Waals surface area contributed by atoms with Gasteiger partial charge in [0, 0.05) is 18.2 Å². The van der Waals surface area contributed by atoms with Crippen molar-refractivity contribution in [1.82, 2.24) is 19.7 Å². The first-order valence-corrected chi connectivity index (χ1v) is 8.13. The first-order valence-electron chi connectivity index (χ1n) is 8.13. The lowest BCUT2D eigenvalue weighted by molar-refractivity contribution is -0.0365. The van der Waals surface area contributed by atoms with E-state index in [1.807, 2.05) is 17.7 Å². The minimum absolute atomic E-state index is 0.0191. The van der Waals surface area contributed by atoms with Crippen molar-refractivity contribution in [2.75, 3.05) is 6.61 Å². The predicted molar refractivity (Wildman–Crippen MR) is 89.1 cm³/mol. The van der Waals surface area contributed by atoms with Crippen LogP contribution in [0, 0.1) is 13.8 Å². The molecule has 0 bridgehead atoms. The smallest absolute Gasteiger partial charge is 0.150 e. The van der Waals surface area contributed by atoms with Crippen LogP contribution in [0.25, 0.3) is 22.3 Å². The molecule has 118 valence electrons. The number of aryl methyl sites for hydroxylation is 2. The molecule has 0 aliphatic carbocycles. The van der Waals surface area contributed by atoms with Gasteiger partial charge < -0.3 is 4.74 Å². The second-order valence-electron chi connectivity index (χ2n) is 6.12. The average molecular weight is 308 g/mol. The van der Waals surface area contributed by atoms with Crippen LogP contribution >= 0.6 is 0 Å². The summed E-state index contributed by atoms with van der Waals surface area (Å²) in [5.41, 5.74) is 4.09. The number of fused-ring (bicyclic) bond motifs is 1. The zero-order valence-electron chi connectivity index (χ0n) is 13.5. The van der Waals surface area contributed by atoms with Gasteiger partial charge >= 0.3 is 0 Å². The van der Waals surface area contributed by atoms with Gasteiger partial charge in [-0.1, -0.05) is 11.6 Å². The lowest BCUT2D eigenvalue weighted by Crippen LogP contribution is -2.19. The first-order chi connectivity index (χ1) is 11.2. The maximum absolute atomic E-state index is 5.94. The van der Waals surface area contributed by atoms with Crippen molar-refractivity contribution in [3.05, 3.63) is 41.9 Å². The van der Waals surface area contributed by atoms with Crippen LogP contribution in [0.4, 0.5) is 0 Å². The lowest BCUT2D eigenvalue weighted by atomic mass is 10.1. The fourth-order valence-electron chi connectivity index (χ4n) is 3.17. The van der Waals surface area contributed by atoms with Crippen LogP contribution < -0.4 is 0 Å². The molecular formula is C18H20N4O. The van der Waals surface area contributed by atoms with Crippen LogP contribution in [0.3, 0.4) is 0 Å². The summed E-state index contributed by atoms with van der Waals surface area (Å²) in [5, 5.41) is 5.99. The van der Waals surface area contributed by atoms with Crippen molar-refractivity contribution in [2.45, 2.75) is 39.3 Å². The van der Waals surface area contributed by atoms with E-state index in [4.69, 9.17) is 9.84 Å². The summed E-state index contributed by atoms with van der Waals surface area (Å²) in [7, 11) is 0. The Bertz CT molecular complexity index is 849. The maximum Gasteiger partial charge on any atom is 0.150 e. The number of ether oxygens (including phenoxy) is 1. The van der Waals surface area contributed by atoms with Crippen LogP contribution in [0.5, 0.6) is 0 Å². The highest BCUT2D eigenvalue weighted by Gasteiger charge is 2.22. The molecule has 0 N–H and O–H groups in total. The molecule has 5 nitrogen and oxygen atoms in total. The third-order valence-corrected chi connectivity index (χ3v) is 4.31. The van der Waals surface area contributed by atoms with Crippen molar-refractivity contribution >= 4 is 10.9 Å². The molecule has 3 aromatic rings. The van der Waals surface area contributed by atoms with E-state index in [0.717, 1.165) is 47.6 Å². The van der Waals surface area contributed by atoms with Crippen molar-refractivity contribution < 1.29 is 4.74 Å². The number of rotatable bonds is 2. The number of nitrogens with zero attached hydrogens (tertiary/aromatic N) is 4. The van der Waals surface area contributed by atoms with Crippen LogP contribution in [0.15, 0.2) is 30.5 Å². The molecule has 1 aliphatic heterocycles. The molecule has 1 unspecified atom stereocenters. The highest BCUT2D eigenvalue weighted by Crippen LogP contribution is 2.32. The van der Waals surface area contributed by atoms with Crippen molar-refractivity contribution in [2.24, 2.45) is 0 Å². The molecule has 4 rings (SSSR count). The Kier molecular flexibility index (Phi) is 3.58. The maximum atomic E-state index is 5.94. The monoisotopic (exact) mass is 308 g/mol. The minimum atomic E-state index is 0.0191. The van der Waals surface area contributed by atoms with Crippen molar-refractivity contribution in [3.8, 4) is 11.4 Å². The van der Waals surface area contributed by atoms with E-state index < -0.39 is 0 Å². The van der Waals surface area contributed by atoms with E-state index in [-0.39, 0.29) is 6.23 Å². The molecular weight excluding hydrogens is 288 g/mol. The van der Waals surface area contributed by atoms with Gasteiger partial charge in [0.1, 0.15) is 11.5 Å². The van der Waals surface area contributed by atoms with Crippen LogP contribution in [0.1, 0.15) is 36.9 Å². The quantitative estimate of drug-likeness (QED) is 0.722. The normalized spacial score (nSPS) is 18.4. The number of hydrogen-bond donors (Lipinski definition) is 0. The van der Waals surface area contributed by atoms with Gasteiger partial charge in [0.25, 0.3) is 0 Å². The minimum Gasteiger partial charge on any atom is -0.356 e. The Labute approximate surface area is 135 Å². The molecule has 3 heterocycles. The Balaban J connectivity index is 1.91. The average Bonchev–Trinajstić information content (AvgIpc) is 2.94. The molecule has 2 aromatic heterocycles. The van der Waals surface area contributed by atoms with Crippen LogP contribution in [-0.4, -0.2) is 26.4 Å².